The Hall–Kier alpha value is -1.96. The van der Waals surface area contributed by atoms with E-state index in [0.29, 0.717) is 5.56 Å². The number of nitrogens with one attached hydrogen (secondary N) is 1. The minimum absolute atomic E-state index is 0.0206. The van der Waals surface area contributed by atoms with Gasteiger partial charge >= 0.3 is 0 Å². The van der Waals surface area contributed by atoms with E-state index in [1.807, 2.05) is 0 Å². The molecule has 5 nitrogen and oxygen atoms in total. The maximum Gasteiger partial charge on any atom is 0.221 e. The minimum atomic E-state index is -3.69. The quantitative estimate of drug-likeness (QED) is 0.749. The zero-order chi connectivity index (χ0) is 19.4. The minimum Gasteiger partial charge on any atom is -0.384 e. The van der Waals surface area contributed by atoms with Gasteiger partial charge in [-0.05, 0) is 36.8 Å². The van der Waals surface area contributed by atoms with Crippen LogP contribution in [0.25, 0.3) is 0 Å². The third kappa shape index (κ3) is 5.27. The van der Waals surface area contributed by atoms with Crippen LogP contribution in [0.2, 0.25) is 5.02 Å². The first-order valence-electron chi connectivity index (χ1n) is 7.84. The summed E-state index contributed by atoms with van der Waals surface area (Å²) in [7, 11) is -3.69. The van der Waals surface area contributed by atoms with Crippen LogP contribution < -0.4 is 5.32 Å². The zero-order valence-corrected chi connectivity index (χ0v) is 15.6. The average molecular weight is 400 g/mol. The second kappa shape index (κ2) is 8.16. The molecule has 8 heteroatoms. The highest BCUT2D eigenvalue weighted by Gasteiger charge is 2.25. The third-order valence-corrected chi connectivity index (χ3v) is 6.07. The van der Waals surface area contributed by atoms with E-state index in [-0.39, 0.29) is 22.9 Å². The Bertz CT molecular complexity index is 882. The van der Waals surface area contributed by atoms with Crippen LogP contribution in [0.3, 0.4) is 0 Å². The Labute approximate surface area is 156 Å². The van der Waals surface area contributed by atoms with Gasteiger partial charge in [0.1, 0.15) is 11.4 Å². The molecule has 0 aliphatic rings. The van der Waals surface area contributed by atoms with Crippen molar-refractivity contribution >= 4 is 27.3 Å². The smallest absolute Gasteiger partial charge is 0.221 e. The van der Waals surface area contributed by atoms with Crippen LogP contribution in [-0.2, 0) is 20.2 Å². The predicted molar refractivity (Wildman–Crippen MR) is 97.1 cm³/mol. The monoisotopic (exact) mass is 399 g/mol. The number of sulfone groups is 1. The molecule has 0 bridgehead atoms. The van der Waals surface area contributed by atoms with Crippen molar-refractivity contribution in [3.05, 3.63) is 64.9 Å². The Morgan fingerprint density at radius 2 is 1.81 bits per heavy atom. The van der Waals surface area contributed by atoms with Gasteiger partial charge in [0.15, 0.2) is 9.84 Å². The van der Waals surface area contributed by atoms with E-state index in [2.05, 4.69) is 5.32 Å². The lowest BCUT2D eigenvalue weighted by Gasteiger charge is -2.24. The van der Waals surface area contributed by atoms with Crippen LogP contribution in [0.5, 0.6) is 0 Å². The fraction of sp³-hybridized carbons (Fsp3) is 0.278. The van der Waals surface area contributed by atoms with Crippen LogP contribution >= 0.6 is 11.6 Å². The van der Waals surface area contributed by atoms with Crippen molar-refractivity contribution in [2.24, 2.45) is 0 Å². The summed E-state index contributed by atoms with van der Waals surface area (Å²) in [6, 6.07) is 11.3. The molecule has 0 radical (unpaired) electrons. The van der Waals surface area contributed by atoms with Gasteiger partial charge < -0.3 is 10.4 Å². The summed E-state index contributed by atoms with van der Waals surface area (Å²) in [4.78, 5) is 11.9. The maximum atomic E-state index is 13.0. The molecule has 1 unspecified atom stereocenters. The molecule has 0 saturated carbocycles. The fourth-order valence-electron chi connectivity index (χ4n) is 2.30. The summed E-state index contributed by atoms with van der Waals surface area (Å²) in [6.45, 7) is 1.34. The molecule has 0 saturated heterocycles. The normalized spacial score (nSPS) is 13.8. The molecule has 0 aromatic heterocycles. The number of halogens is 2. The Morgan fingerprint density at radius 3 is 2.42 bits per heavy atom. The van der Waals surface area contributed by atoms with Crippen molar-refractivity contribution in [3.8, 4) is 0 Å². The van der Waals surface area contributed by atoms with Crippen molar-refractivity contribution in [2.45, 2.75) is 23.8 Å². The molecule has 140 valence electrons. The lowest BCUT2D eigenvalue weighted by Crippen LogP contribution is -2.39. The number of rotatable bonds is 7. The van der Waals surface area contributed by atoms with Crippen molar-refractivity contribution in [1.29, 1.82) is 0 Å². The van der Waals surface area contributed by atoms with Gasteiger partial charge in [0.2, 0.25) is 5.91 Å². The summed E-state index contributed by atoms with van der Waals surface area (Å²) < 4.78 is 37.5. The van der Waals surface area contributed by atoms with Crippen LogP contribution in [0.4, 0.5) is 4.39 Å². The molecular weight excluding hydrogens is 381 g/mol. The molecule has 2 aromatic carbocycles. The molecular formula is C18H19ClFNO4S. The van der Waals surface area contributed by atoms with Gasteiger partial charge in [0, 0.05) is 6.42 Å². The van der Waals surface area contributed by atoms with Crippen molar-refractivity contribution in [2.75, 3.05) is 12.3 Å². The standard InChI is InChI=1S/C18H19ClFNO4S/c1-18(23,13-6-8-14(20)9-7-13)12-21-17(22)10-11-26(24,25)16-5-3-2-4-15(16)19/h2-9,23H,10-12H2,1H3,(H,21,22). The summed E-state index contributed by atoms with van der Waals surface area (Å²) >= 11 is 5.88. The highest BCUT2D eigenvalue weighted by Crippen LogP contribution is 2.22. The van der Waals surface area contributed by atoms with Crippen LogP contribution in [-0.4, -0.2) is 31.7 Å². The molecule has 0 heterocycles. The summed E-state index contributed by atoms with van der Waals surface area (Å²) in [5.74, 6) is -1.36. The zero-order valence-electron chi connectivity index (χ0n) is 14.1. The Balaban J connectivity index is 1.93. The van der Waals surface area contributed by atoms with Gasteiger partial charge in [0.05, 0.1) is 22.2 Å². The Morgan fingerprint density at radius 1 is 1.19 bits per heavy atom. The highest BCUT2D eigenvalue weighted by molar-refractivity contribution is 7.91. The summed E-state index contributed by atoms with van der Waals surface area (Å²) in [6.07, 6.45) is -0.271. The van der Waals surface area contributed by atoms with E-state index in [0.717, 1.165) is 0 Å². The molecule has 26 heavy (non-hydrogen) atoms. The van der Waals surface area contributed by atoms with Gasteiger partial charge in [-0.2, -0.15) is 0 Å². The van der Waals surface area contributed by atoms with E-state index < -0.39 is 32.9 Å². The number of carbonyl (C=O) groups is 1. The van der Waals surface area contributed by atoms with Gasteiger partial charge in [-0.1, -0.05) is 35.9 Å². The van der Waals surface area contributed by atoms with Gasteiger partial charge in [-0.3, -0.25) is 4.79 Å². The number of hydrogen-bond donors (Lipinski definition) is 2. The number of aliphatic hydroxyl groups is 1. The van der Waals surface area contributed by atoms with Crippen molar-refractivity contribution in [3.63, 3.8) is 0 Å². The predicted octanol–water partition coefficient (Wildman–Crippen LogP) is 2.67. The highest BCUT2D eigenvalue weighted by atomic mass is 35.5. The van der Waals surface area contributed by atoms with Crippen molar-refractivity contribution in [1.82, 2.24) is 5.32 Å². The lowest BCUT2D eigenvalue weighted by molar-refractivity contribution is -0.121. The number of hydrogen-bond acceptors (Lipinski definition) is 4. The first-order chi connectivity index (χ1) is 12.1. The van der Waals surface area contributed by atoms with Crippen LogP contribution in [0, 0.1) is 5.82 Å². The first-order valence-corrected chi connectivity index (χ1v) is 9.87. The number of amides is 1. The first kappa shape index (κ1) is 20.4. The molecule has 2 aromatic rings. The van der Waals surface area contributed by atoms with Crippen LogP contribution in [0.1, 0.15) is 18.9 Å². The molecule has 2 N–H and O–H groups in total. The number of carbonyl (C=O) groups excluding carboxylic acids is 1. The third-order valence-electron chi connectivity index (χ3n) is 3.87. The van der Waals surface area contributed by atoms with E-state index in [1.54, 1.807) is 12.1 Å². The fourth-order valence-corrected chi connectivity index (χ4v) is 4.12. The van der Waals surface area contributed by atoms with E-state index >= 15 is 0 Å². The Kier molecular flexibility index (Phi) is 6.39. The second-order valence-corrected chi connectivity index (χ2v) is 8.54. The van der Waals surface area contributed by atoms with Gasteiger partial charge in [-0.25, -0.2) is 12.8 Å². The lowest BCUT2D eigenvalue weighted by atomic mass is 9.96. The second-order valence-electron chi connectivity index (χ2n) is 6.06. The number of benzene rings is 2. The SMILES string of the molecule is CC(O)(CNC(=O)CCS(=O)(=O)c1ccccc1Cl)c1ccc(F)cc1. The molecule has 0 fully saturated rings. The van der Waals surface area contributed by atoms with E-state index in [9.17, 15) is 22.7 Å². The largest absolute Gasteiger partial charge is 0.384 e. The summed E-state index contributed by atoms with van der Waals surface area (Å²) in [5.41, 5.74) is -0.979. The molecule has 0 aliphatic heterocycles. The molecule has 1 atom stereocenters. The van der Waals surface area contributed by atoms with Gasteiger partial charge in [-0.15, -0.1) is 0 Å². The van der Waals surface area contributed by atoms with Gasteiger partial charge in [0.25, 0.3) is 0 Å². The van der Waals surface area contributed by atoms with Crippen molar-refractivity contribution < 1.29 is 22.7 Å². The van der Waals surface area contributed by atoms with E-state index in [4.69, 9.17) is 11.6 Å². The van der Waals surface area contributed by atoms with E-state index in [1.165, 1.54) is 43.3 Å². The molecule has 0 aliphatic carbocycles. The van der Waals surface area contributed by atoms with Crippen LogP contribution in [0.15, 0.2) is 53.4 Å². The molecule has 2 rings (SSSR count). The molecule has 1 amide bonds. The maximum absolute atomic E-state index is 13.0. The summed E-state index contributed by atoms with van der Waals surface area (Å²) in [5, 5.41) is 13.0. The average Bonchev–Trinajstić information content (AvgIpc) is 2.59. The topological polar surface area (TPSA) is 83.5 Å². The molecule has 0 spiro atoms.